The van der Waals surface area contributed by atoms with Crippen molar-refractivity contribution in [1.82, 2.24) is 15.3 Å². The zero-order valence-electron chi connectivity index (χ0n) is 16.5. The van der Waals surface area contributed by atoms with Crippen molar-refractivity contribution < 1.29 is 14.0 Å². The van der Waals surface area contributed by atoms with Crippen molar-refractivity contribution in [2.45, 2.75) is 18.8 Å². The van der Waals surface area contributed by atoms with Crippen molar-refractivity contribution in [3.8, 4) is 0 Å². The SMILES string of the molecule is O=C1NC(=O)/C(=C/c2ccc3ncnc(N4CCC(c5ccc(F)cc5)CC4)c3c2)S1. The van der Waals surface area contributed by atoms with E-state index in [2.05, 4.69) is 20.2 Å². The van der Waals surface area contributed by atoms with Gasteiger partial charge in [0.2, 0.25) is 0 Å². The molecule has 1 N–H and O–H groups in total. The normalized spacial score (nSPS) is 18.7. The van der Waals surface area contributed by atoms with Gasteiger partial charge in [-0.2, -0.15) is 0 Å². The Morgan fingerprint density at radius 2 is 1.84 bits per heavy atom. The molecule has 156 valence electrons. The van der Waals surface area contributed by atoms with Crippen LogP contribution in [0.3, 0.4) is 0 Å². The van der Waals surface area contributed by atoms with Crippen LogP contribution in [-0.4, -0.2) is 34.2 Å². The zero-order chi connectivity index (χ0) is 21.4. The molecule has 3 aromatic rings. The Morgan fingerprint density at radius 3 is 2.55 bits per heavy atom. The number of halogens is 1. The molecule has 2 aliphatic heterocycles. The Hall–Kier alpha value is -3.26. The summed E-state index contributed by atoms with van der Waals surface area (Å²) in [6.45, 7) is 1.68. The molecule has 1 aromatic heterocycles. The third kappa shape index (κ3) is 4.03. The highest BCUT2D eigenvalue weighted by Gasteiger charge is 2.25. The Kier molecular flexibility index (Phi) is 5.15. The fourth-order valence-electron chi connectivity index (χ4n) is 4.13. The molecule has 0 spiro atoms. The number of anilines is 1. The first-order valence-corrected chi connectivity index (χ1v) is 10.9. The molecule has 3 heterocycles. The molecule has 6 nitrogen and oxygen atoms in total. The molecule has 2 amide bonds. The number of benzene rings is 2. The van der Waals surface area contributed by atoms with Crippen LogP contribution in [0, 0.1) is 5.82 Å². The smallest absolute Gasteiger partial charge is 0.290 e. The first-order valence-electron chi connectivity index (χ1n) is 10.1. The van der Waals surface area contributed by atoms with Crippen LogP contribution in [0.5, 0.6) is 0 Å². The molecule has 2 fully saturated rings. The predicted molar refractivity (Wildman–Crippen MR) is 119 cm³/mol. The van der Waals surface area contributed by atoms with E-state index in [-0.39, 0.29) is 17.0 Å². The number of fused-ring (bicyclic) bond motifs is 1. The lowest BCUT2D eigenvalue weighted by Crippen LogP contribution is -2.33. The summed E-state index contributed by atoms with van der Waals surface area (Å²) < 4.78 is 13.2. The summed E-state index contributed by atoms with van der Waals surface area (Å²) >= 11 is 0.902. The van der Waals surface area contributed by atoms with Crippen LogP contribution in [0.15, 0.2) is 53.7 Å². The maximum absolute atomic E-state index is 13.2. The maximum atomic E-state index is 13.2. The summed E-state index contributed by atoms with van der Waals surface area (Å²) in [7, 11) is 0. The number of piperidine rings is 1. The number of rotatable bonds is 3. The van der Waals surface area contributed by atoms with Crippen molar-refractivity contribution >= 4 is 45.7 Å². The van der Waals surface area contributed by atoms with E-state index in [0.717, 1.165) is 60.0 Å². The molecule has 8 heteroatoms. The third-order valence-electron chi connectivity index (χ3n) is 5.71. The van der Waals surface area contributed by atoms with Crippen LogP contribution in [0.25, 0.3) is 17.0 Å². The average Bonchev–Trinajstić information content (AvgIpc) is 3.10. The number of thioether (sulfide) groups is 1. The van der Waals surface area contributed by atoms with Gasteiger partial charge in [0.1, 0.15) is 18.0 Å². The van der Waals surface area contributed by atoms with Gasteiger partial charge in [0.15, 0.2) is 0 Å². The lowest BCUT2D eigenvalue weighted by Gasteiger charge is -2.33. The van der Waals surface area contributed by atoms with Crippen molar-refractivity contribution in [3.63, 3.8) is 0 Å². The van der Waals surface area contributed by atoms with Crippen molar-refractivity contribution in [3.05, 3.63) is 70.6 Å². The van der Waals surface area contributed by atoms with Gasteiger partial charge < -0.3 is 4.90 Å². The van der Waals surface area contributed by atoms with Gasteiger partial charge in [0.25, 0.3) is 11.1 Å². The highest BCUT2D eigenvalue weighted by atomic mass is 32.2. The van der Waals surface area contributed by atoms with Crippen LogP contribution < -0.4 is 10.2 Å². The zero-order valence-corrected chi connectivity index (χ0v) is 17.4. The van der Waals surface area contributed by atoms with Gasteiger partial charge in [-0.05, 0) is 72.0 Å². The highest BCUT2D eigenvalue weighted by Crippen LogP contribution is 2.33. The van der Waals surface area contributed by atoms with Gasteiger partial charge in [0.05, 0.1) is 10.4 Å². The number of imide groups is 1. The second-order valence-corrected chi connectivity index (χ2v) is 8.65. The molecule has 0 radical (unpaired) electrons. The number of hydrogen-bond acceptors (Lipinski definition) is 6. The van der Waals surface area contributed by atoms with Crippen molar-refractivity contribution in [2.75, 3.05) is 18.0 Å². The Labute approximate surface area is 182 Å². The summed E-state index contributed by atoms with van der Waals surface area (Å²) in [6.07, 6.45) is 5.20. The summed E-state index contributed by atoms with van der Waals surface area (Å²) in [5.41, 5.74) is 2.81. The average molecular weight is 434 g/mol. The Morgan fingerprint density at radius 1 is 1.06 bits per heavy atom. The topological polar surface area (TPSA) is 75.2 Å². The van der Waals surface area contributed by atoms with Crippen LogP contribution in [0.4, 0.5) is 15.0 Å². The van der Waals surface area contributed by atoms with Crippen LogP contribution in [-0.2, 0) is 4.79 Å². The highest BCUT2D eigenvalue weighted by molar-refractivity contribution is 8.18. The van der Waals surface area contributed by atoms with Crippen molar-refractivity contribution in [2.24, 2.45) is 0 Å². The number of carbonyl (C=O) groups is 2. The fourth-order valence-corrected chi connectivity index (χ4v) is 4.82. The monoisotopic (exact) mass is 434 g/mol. The standard InChI is InChI=1S/C23H19FN4O2S/c24-17-4-2-15(3-5-17)16-7-9-28(10-8-16)21-18-11-14(1-6-19(18)25-13-26-21)12-20-22(29)27-23(30)31-20/h1-6,11-13,16H,7-10H2,(H,27,29,30)/b20-12-. The number of hydrogen-bond donors (Lipinski definition) is 1. The summed E-state index contributed by atoms with van der Waals surface area (Å²) in [5.74, 6) is 0.683. The fraction of sp³-hybridized carbons (Fsp3) is 0.217. The van der Waals surface area contributed by atoms with Gasteiger partial charge in [-0.3, -0.25) is 14.9 Å². The van der Waals surface area contributed by atoms with E-state index in [4.69, 9.17) is 0 Å². The quantitative estimate of drug-likeness (QED) is 0.613. The molecule has 2 saturated heterocycles. The molecule has 0 bridgehead atoms. The lowest BCUT2D eigenvalue weighted by molar-refractivity contribution is -0.115. The molecule has 0 saturated carbocycles. The second-order valence-electron chi connectivity index (χ2n) is 7.64. The predicted octanol–water partition coefficient (Wildman–Crippen LogP) is 4.48. The van der Waals surface area contributed by atoms with Gasteiger partial charge in [-0.25, -0.2) is 14.4 Å². The molecule has 2 aromatic carbocycles. The van der Waals surface area contributed by atoms with E-state index in [1.54, 1.807) is 12.4 Å². The third-order valence-corrected chi connectivity index (χ3v) is 6.52. The molecule has 2 aliphatic rings. The van der Waals surface area contributed by atoms with Gasteiger partial charge in [0, 0.05) is 18.5 Å². The molecular weight excluding hydrogens is 415 g/mol. The minimum atomic E-state index is -0.373. The van der Waals surface area contributed by atoms with Crippen molar-refractivity contribution in [1.29, 1.82) is 0 Å². The van der Waals surface area contributed by atoms with Crippen LogP contribution in [0.1, 0.15) is 29.9 Å². The number of carbonyl (C=O) groups excluding carboxylic acids is 2. The lowest BCUT2D eigenvalue weighted by atomic mass is 9.89. The van der Waals surface area contributed by atoms with E-state index in [1.807, 2.05) is 30.3 Å². The number of amides is 2. The summed E-state index contributed by atoms with van der Waals surface area (Å²) in [4.78, 5) is 34.8. The van der Waals surface area contributed by atoms with Gasteiger partial charge in [-0.1, -0.05) is 18.2 Å². The largest absolute Gasteiger partial charge is 0.356 e. The summed E-state index contributed by atoms with van der Waals surface area (Å²) in [5, 5.41) is 2.82. The minimum Gasteiger partial charge on any atom is -0.356 e. The number of nitrogens with zero attached hydrogens (tertiary/aromatic N) is 3. The maximum Gasteiger partial charge on any atom is 0.290 e. The molecule has 0 unspecified atom stereocenters. The second kappa shape index (κ2) is 8.11. The van der Waals surface area contributed by atoms with Crippen LogP contribution >= 0.6 is 11.8 Å². The Bertz CT molecular complexity index is 1200. The van der Waals surface area contributed by atoms with E-state index in [1.165, 1.54) is 17.7 Å². The van der Waals surface area contributed by atoms with E-state index in [9.17, 15) is 14.0 Å². The van der Waals surface area contributed by atoms with Gasteiger partial charge >= 0.3 is 0 Å². The molecule has 0 atom stereocenters. The first kappa shape index (κ1) is 19.7. The van der Waals surface area contributed by atoms with Crippen LogP contribution in [0.2, 0.25) is 0 Å². The molecule has 31 heavy (non-hydrogen) atoms. The van der Waals surface area contributed by atoms with E-state index in [0.29, 0.717) is 10.8 Å². The molecule has 0 aliphatic carbocycles. The number of aromatic nitrogens is 2. The molecule has 5 rings (SSSR count). The van der Waals surface area contributed by atoms with E-state index >= 15 is 0 Å². The number of nitrogens with one attached hydrogen (secondary N) is 1. The Balaban J connectivity index is 1.40. The van der Waals surface area contributed by atoms with E-state index < -0.39 is 0 Å². The molecular formula is C23H19FN4O2S. The minimum absolute atomic E-state index is 0.211. The van der Waals surface area contributed by atoms with Gasteiger partial charge in [-0.15, -0.1) is 0 Å². The summed E-state index contributed by atoms with van der Waals surface area (Å²) in [6, 6.07) is 12.5. The first-order chi connectivity index (χ1) is 15.1.